The summed E-state index contributed by atoms with van der Waals surface area (Å²) in [6, 6.07) is 4.10. The van der Waals surface area contributed by atoms with Gasteiger partial charge in [-0.1, -0.05) is 13.8 Å². The van der Waals surface area contributed by atoms with Gasteiger partial charge in [0.15, 0.2) is 0 Å². The first-order valence-corrected chi connectivity index (χ1v) is 7.18. The van der Waals surface area contributed by atoms with Crippen molar-refractivity contribution >= 4 is 11.3 Å². The number of nitrogens with zero attached hydrogens (tertiary/aromatic N) is 2. The molecule has 0 aliphatic rings. The molecule has 2 aromatic heterocycles. The van der Waals surface area contributed by atoms with E-state index in [9.17, 15) is 0 Å². The zero-order valence-electron chi connectivity index (χ0n) is 11.2. The van der Waals surface area contributed by atoms with Gasteiger partial charge >= 0.3 is 0 Å². The highest BCUT2D eigenvalue weighted by Gasteiger charge is 2.11. The van der Waals surface area contributed by atoms with Crippen LogP contribution in [0.25, 0.3) is 10.7 Å². The molecule has 0 bridgehead atoms. The lowest BCUT2D eigenvalue weighted by Gasteiger charge is -1.99. The van der Waals surface area contributed by atoms with Crippen LogP contribution in [0, 0.1) is 6.92 Å². The van der Waals surface area contributed by atoms with E-state index in [0.29, 0.717) is 0 Å². The molecule has 96 valence electrons. The van der Waals surface area contributed by atoms with E-state index in [-0.39, 0.29) is 0 Å². The topological polar surface area (TPSA) is 37.8 Å². The summed E-state index contributed by atoms with van der Waals surface area (Å²) in [7, 11) is 0. The third-order valence-electron chi connectivity index (χ3n) is 2.78. The molecule has 0 saturated carbocycles. The molecule has 0 unspecified atom stereocenters. The van der Waals surface area contributed by atoms with Crippen LogP contribution in [0.1, 0.15) is 30.0 Å². The van der Waals surface area contributed by atoms with Crippen LogP contribution in [-0.4, -0.2) is 16.5 Å². The van der Waals surface area contributed by atoms with Crippen LogP contribution in [0.4, 0.5) is 0 Å². The minimum absolute atomic E-state index is 0.906. The predicted molar refractivity (Wildman–Crippen MR) is 76.8 cm³/mol. The molecule has 0 radical (unpaired) electrons. The summed E-state index contributed by atoms with van der Waals surface area (Å²) in [6.45, 7) is 8.24. The maximum Gasteiger partial charge on any atom is 0.142 e. The number of hydrogen-bond donors (Lipinski definition) is 1. The average Bonchev–Trinajstić information content (AvgIpc) is 2.79. The van der Waals surface area contributed by atoms with E-state index in [1.165, 1.54) is 16.1 Å². The van der Waals surface area contributed by atoms with Gasteiger partial charge in [-0.15, -0.1) is 11.3 Å². The molecule has 0 aliphatic heterocycles. The summed E-state index contributed by atoms with van der Waals surface area (Å²) in [5.41, 5.74) is 3.40. The molecule has 0 amide bonds. The second-order valence-electron chi connectivity index (χ2n) is 4.24. The van der Waals surface area contributed by atoms with Crippen LogP contribution >= 0.6 is 11.3 Å². The molecule has 2 aromatic rings. The molecule has 1 N–H and O–H groups in total. The van der Waals surface area contributed by atoms with Gasteiger partial charge in [-0.3, -0.25) is 4.98 Å². The molecule has 0 atom stereocenters. The van der Waals surface area contributed by atoms with Crippen LogP contribution in [-0.2, 0) is 13.0 Å². The molecule has 0 saturated heterocycles. The first kappa shape index (κ1) is 13.2. The number of thiazole rings is 1. The van der Waals surface area contributed by atoms with Gasteiger partial charge in [-0.05, 0) is 37.6 Å². The van der Waals surface area contributed by atoms with Gasteiger partial charge in [0, 0.05) is 17.6 Å². The fraction of sp³-hybridized carbons (Fsp3) is 0.429. The second-order valence-corrected chi connectivity index (χ2v) is 5.32. The Hall–Kier alpha value is -1.26. The first-order valence-electron chi connectivity index (χ1n) is 6.37. The highest BCUT2D eigenvalue weighted by molar-refractivity contribution is 7.15. The van der Waals surface area contributed by atoms with Gasteiger partial charge in [0.05, 0.1) is 11.4 Å². The van der Waals surface area contributed by atoms with Crippen molar-refractivity contribution < 1.29 is 0 Å². The summed E-state index contributed by atoms with van der Waals surface area (Å²) in [4.78, 5) is 10.4. The lowest BCUT2D eigenvalue weighted by atomic mass is 10.2. The predicted octanol–water partition coefficient (Wildman–Crippen LogP) is 3.19. The Balaban J connectivity index is 2.31. The maximum absolute atomic E-state index is 4.71. The standard InChI is InChI=1S/C14H19N3S/c1-4-11-13(9-15-5-2)18-14(17-11)12-8-10(3)6-7-16-12/h6-8,15H,4-5,9H2,1-3H3. The second kappa shape index (κ2) is 6.07. The zero-order chi connectivity index (χ0) is 13.0. The first-order chi connectivity index (χ1) is 8.74. The van der Waals surface area contributed by atoms with Crippen molar-refractivity contribution in [2.45, 2.75) is 33.7 Å². The summed E-state index contributed by atoms with van der Waals surface area (Å²) in [6.07, 6.45) is 2.82. The Kier molecular flexibility index (Phi) is 4.44. The van der Waals surface area contributed by atoms with Crippen LogP contribution in [0.5, 0.6) is 0 Å². The van der Waals surface area contributed by atoms with Gasteiger partial charge in [0.1, 0.15) is 5.01 Å². The van der Waals surface area contributed by atoms with Crippen LogP contribution in [0.2, 0.25) is 0 Å². The molecular formula is C14H19N3S. The van der Waals surface area contributed by atoms with E-state index < -0.39 is 0 Å². The summed E-state index contributed by atoms with van der Waals surface area (Å²) < 4.78 is 0. The van der Waals surface area contributed by atoms with Crippen molar-refractivity contribution in [3.8, 4) is 10.7 Å². The fourth-order valence-corrected chi connectivity index (χ4v) is 2.89. The Labute approximate surface area is 112 Å². The van der Waals surface area contributed by atoms with E-state index in [1.54, 1.807) is 11.3 Å². The van der Waals surface area contributed by atoms with Gasteiger partial charge < -0.3 is 5.32 Å². The van der Waals surface area contributed by atoms with Crippen LogP contribution < -0.4 is 5.32 Å². The molecule has 2 heterocycles. The fourth-order valence-electron chi connectivity index (χ4n) is 1.80. The zero-order valence-corrected chi connectivity index (χ0v) is 12.0. The lowest BCUT2D eigenvalue weighted by molar-refractivity contribution is 0.727. The van der Waals surface area contributed by atoms with E-state index in [4.69, 9.17) is 4.98 Å². The maximum atomic E-state index is 4.71. The highest BCUT2D eigenvalue weighted by Crippen LogP contribution is 2.27. The van der Waals surface area contributed by atoms with Crippen molar-refractivity contribution in [2.75, 3.05) is 6.54 Å². The molecule has 18 heavy (non-hydrogen) atoms. The van der Waals surface area contributed by atoms with Crippen LogP contribution in [0.3, 0.4) is 0 Å². The van der Waals surface area contributed by atoms with Crippen molar-refractivity contribution in [3.63, 3.8) is 0 Å². The van der Waals surface area contributed by atoms with E-state index in [2.05, 4.69) is 37.1 Å². The summed E-state index contributed by atoms with van der Waals surface area (Å²) in [5, 5.41) is 4.40. The Bertz CT molecular complexity index is 520. The van der Waals surface area contributed by atoms with E-state index in [1.807, 2.05) is 12.3 Å². The molecule has 2 rings (SSSR count). The number of pyridine rings is 1. The molecule has 3 nitrogen and oxygen atoms in total. The SMILES string of the molecule is CCNCc1sc(-c2cc(C)ccn2)nc1CC. The van der Waals surface area contributed by atoms with E-state index >= 15 is 0 Å². The van der Waals surface area contributed by atoms with E-state index in [0.717, 1.165) is 30.2 Å². The third kappa shape index (κ3) is 2.94. The Morgan fingerprint density at radius 1 is 1.33 bits per heavy atom. The summed E-state index contributed by atoms with van der Waals surface area (Å²) in [5.74, 6) is 0. The van der Waals surface area contributed by atoms with Crippen molar-refractivity contribution in [1.29, 1.82) is 0 Å². The van der Waals surface area contributed by atoms with Crippen LogP contribution in [0.15, 0.2) is 18.3 Å². The molecule has 4 heteroatoms. The monoisotopic (exact) mass is 261 g/mol. The van der Waals surface area contributed by atoms with Gasteiger partial charge in [-0.2, -0.15) is 0 Å². The normalized spacial score (nSPS) is 10.8. The third-order valence-corrected chi connectivity index (χ3v) is 3.90. The Morgan fingerprint density at radius 2 is 2.17 bits per heavy atom. The van der Waals surface area contributed by atoms with Gasteiger partial charge in [0.25, 0.3) is 0 Å². The van der Waals surface area contributed by atoms with Crippen molar-refractivity contribution in [2.24, 2.45) is 0 Å². The Morgan fingerprint density at radius 3 is 2.83 bits per heavy atom. The van der Waals surface area contributed by atoms with Gasteiger partial charge in [-0.25, -0.2) is 4.98 Å². The molecule has 0 fully saturated rings. The minimum Gasteiger partial charge on any atom is -0.312 e. The smallest absolute Gasteiger partial charge is 0.142 e. The number of aryl methyl sites for hydroxylation is 2. The van der Waals surface area contributed by atoms with Crippen molar-refractivity contribution in [3.05, 3.63) is 34.5 Å². The molecule has 0 aliphatic carbocycles. The number of hydrogen-bond acceptors (Lipinski definition) is 4. The highest BCUT2D eigenvalue weighted by atomic mass is 32.1. The quantitative estimate of drug-likeness (QED) is 0.898. The average molecular weight is 261 g/mol. The van der Waals surface area contributed by atoms with Crippen molar-refractivity contribution in [1.82, 2.24) is 15.3 Å². The molecular weight excluding hydrogens is 242 g/mol. The molecule has 0 aromatic carbocycles. The lowest BCUT2D eigenvalue weighted by Crippen LogP contribution is -2.11. The minimum atomic E-state index is 0.906. The molecule has 0 spiro atoms. The number of aromatic nitrogens is 2. The largest absolute Gasteiger partial charge is 0.312 e. The number of nitrogens with one attached hydrogen (secondary N) is 1. The number of rotatable bonds is 5. The summed E-state index contributed by atoms with van der Waals surface area (Å²) >= 11 is 1.75. The van der Waals surface area contributed by atoms with Gasteiger partial charge in [0.2, 0.25) is 0 Å².